The molecule has 10 nitrogen and oxygen atoms in total. The number of halogens is 3. The Morgan fingerprint density at radius 3 is 2.87 bits per heavy atom. The SMILES string of the molecule is Cc1ncc([N+](=O)[O-])n1CCOC(=O)NC(Nc1nc2ccccc2s1)C(F)(F)Cl. The Bertz CT molecular complexity index is 1040. The van der Waals surface area contributed by atoms with Gasteiger partial charge in [0.1, 0.15) is 19.3 Å². The van der Waals surface area contributed by atoms with Crippen LogP contribution in [0.15, 0.2) is 30.5 Å². The normalized spacial score (nSPS) is 12.5. The summed E-state index contributed by atoms with van der Waals surface area (Å²) in [5.74, 6) is 0.0626. The van der Waals surface area contributed by atoms with Gasteiger partial charge < -0.3 is 20.2 Å². The molecule has 3 rings (SSSR count). The van der Waals surface area contributed by atoms with Crippen LogP contribution in [-0.2, 0) is 11.3 Å². The van der Waals surface area contributed by atoms with E-state index < -0.39 is 22.6 Å². The number of hydrogen-bond donors (Lipinski definition) is 2. The zero-order chi connectivity index (χ0) is 21.9. The molecule has 30 heavy (non-hydrogen) atoms. The molecular weight excluding hydrogens is 446 g/mol. The van der Waals surface area contributed by atoms with Gasteiger partial charge in [-0.2, -0.15) is 8.78 Å². The Labute approximate surface area is 177 Å². The maximum atomic E-state index is 13.8. The molecule has 2 N–H and O–H groups in total. The van der Waals surface area contributed by atoms with Crippen LogP contribution in [-0.4, -0.2) is 43.7 Å². The number of fused-ring (bicyclic) bond motifs is 1. The van der Waals surface area contributed by atoms with Gasteiger partial charge >= 0.3 is 17.3 Å². The Hall–Kier alpha value is -3.06. The predicted octanol–water partition coefficient (Wildman–Crippen LogP) is 3.71. The molecule has 1 aromatic carbocycles. The lowest BCUT2D eigenvalue weighted by atomic mass is 10.3. The van der Waals surface area contributed by atoms with Gasteiger partial charge in [-0.15, -0.1) is 0 Å². The average molecular weight is 461 g/mol. The number of benzene rings is 1. The van der Waals surface area contributed by atoms with Gasteiger partial charge in [-0.05, 0) is 28.7 Å². The molecule has 160 valence electrons. The van der Waals surface area contributed by atoms with E-state index >= 15 is 0 Å². The number of carbonyl (C=O) groups excluding carboxylic acids is 1. The number of carbonyl (C=O) groups is 1. The summed E-state index contributed by atoms with van der Waals surface area (Å²) in [5, 5.41) is 11.5. The first-order valence-corrected chi connectivity index (χ1v) is 9.63. The van der Waals surface area contributed by atoms with Gasteiger partial charge in [-0.1, -0.05) is 23.5 Å². The van der Waals surface area contributed by atoms with Gasteiger partial charge in [0, 0.05) is 6.92 Å². The molecule has 2 aromatic heterocycles. The van der Waals surface area contributed by atoms with E-state index in [0.717, 1.165) is 22.2 Å². The van der Waals surface area contributed by atoms with Crippen molar-refractivity contribution in [1.82, 2.24) is 19.9 Å². The first kappa shape index (κ1) is 21.6. The summed E-state index contributed by atoms with van der Waals surface area (Å²) in [6.07, 6.45) is -2.12. The summed E-state index contributed by atoms with van der Waals surface area (Å²) in [4.78, 5) is 30.2. The molecule has 0 radical (unpaired) electrons. The van der Waals surface area contributed by atoms with E-state index in [1.807, 2.05) is 5.32 Å². The van der Waals surface area contributed by atoms with E-state index in [4.69, 9.17) is 16.3 Å². The number of aryl methyl sites for hydroxylation is 1. The second kappa shape index (κ2) is 8.75. The molecule has 0 aliphatic carbocycles. The number of imidazole rings is 1. The minimum atomic E-state index is -3.85. The van der Waals surface area contributed by atoms with Crippen molar-refractivity contribution < 1.29 is 23.2 Å². The number of aromatic nitrogens is 3. The molecule has 3 aromatic rings. The topological polar surface area (TPSA) is 124 Å². The quantitative estimate of drug-likeness (QED) is 0.227. The lowest BCUT2D eigenvalue weighted by Crippen LogP contribution is -2.50. The van der Waals surface area contributed by atoms with Gasteiger partial charge in [-0.3, -0.25) is 5.32 Å². The first-order chi connectivity index (χ1) is 14.1. The third-order valence-corrected chi connectivity index (χ3v) is 5.11. The van der Waals surface area contributed by atoms with Crippen molar-refractivity contribution in [3.63, 3.8) is 0 Å². The highest BCUT2D eigenvalue weighted by Gasteiger charge is 2.39. The third-order valence-electron chi connectivity index (χ3n) is 3.92. The van der Waals surface area contributed by atoms with Gasteiger partial charge in [0.05, 0.1) is 10.2 Å². The molecule has 0 aliphatic rings. The number of alkyl halides is 3. The summed E-state index contributed by atoms with van der Waals surface area (Å²) < 4.78 is 34.3. The van der Waals surface area contributed by atoms with Gasteiger partial charge in [0.15, 0.2) is 17.1 Å². The number of nitro groups is 1. The number of hydrogen-bond acceptors (Lipinski definition) is 8. The number of anilines is 1. The zero-order valence-corrected chi connectivity index (χ0v) is 16.9. The number of thiazole rings is 1. The molecule has 0 saturated heterocycles. The predicted molar refractivity (Wildman–Crippen MR) is 106 cm³/mol. The maximum absolute atomic E-state index is 13.8. The van der Waals surface area contributed by atoms with Gasteiger partial charge in [-0.25, -0.2) is 19.3 Å². The summed E-state index contributed by atoms with van der Waals surface area (Å²) in [5.41, 5.74) is 0.599. The van der Waals surface area contributed by atoms with Gasteiger partial charge in [0.25, 0.3) is 0 Å². The van der Waals surface area contributed by atoms with E-state index in [9.17, 15) is 23.7 Å². The van der Waals surface area contributed by atoms with Crippen LogP contribution in [0.25, 0.3) is 10.2 Å². The Kier molecular flexibility index (Phi) is 6.31. The minimum absolute atomic E-state index is 0.0806. The molecule has 0 saturated carbocycles. The molecule has 14 heteroatoms. The maximum Gasteiger partial charge on any atom is 0.409 e. The van der Waals surface area contributed by atoms with E-state index in [1.54, 1.807) is 31.2 Å². The van der Waals surface area contributed by atoms with Crippen LogP contribution in [0.4, 0.5) is 24.5 Å². The molecule has 0 fully saturated rings. The number of para-hydroxylation sites is 1. The number of nitrogens with zero attached hydrogens (tertiary/aromatic N) is 4. The van der Waals surface area contributed by atoms with E-state index in [1.165, 1.54) is 4.57 Å². The molecule has 1 amide bonds. The Morgan fingerprint density at radius 2 is 2.20 bits per heavy atom. The van der Waals surface area contributed by atoms with E-state index in [2.05, 4.69) is 15.3 Å². The van der Waals surface area contributed by atoms with Crippen LogP contribution in [0.5, 0.6) is 0 Å². The number of nitrogens with one attached hydrogen (secondary N) is 2. The second-order valence-electron chi connectivity index (χ2n) is 5.96. The molecule has 2 heterocycles. The summed E-state index contributed by atoms with van der Waals surface area (Å²) in [6.45, 7) is 1.15. The van der Waals surface area contributed by atoms with Crippen molar-refractivity contribution in [2.75, 3.05) is 11.9 Å². The highest BCUT2D eigenvalue weighted by Crippen LogP contribution is 2.30. The van der Waals surface area contributed by atoms with Crippen molar-refractivity contribution in [1.29, 1.82) is 0 Å². The summed E-state index contributed by atoms with van der Waals surface area (Å²) in [7, 11) is 0. The number of amides is 1. The fourth-order valence-corrected chi connectivity index (χ4v) is 3.53. The van der Waals surface area contributed by atoms with Crippen LogP contribution in [0.1, 0.15) is 5.82 Å². The summed E-state index contributed by atoms with van der Waals surface area (Å²) in [6, 6.07) is 7.01. The second-order valence-corrected chi connectivity index (χ2v) is 7.49. The highest BCUT2D eigenvalue weighted by atomic mass is 35.5. The van der Waals surface area contributed by atoms with Crippen LogP contribution in [0, 0.1) is 17.0 Å². The molecule has 1 atom stereocenters. The number of alkyl carbamates (subject to hydrolysis) is 1. The average Bonchev–Trinajstić information content (AvgIpc) is 3.23. The van der Waals surface area contributed by atoms with Crippen LogP contribution in [0.3, 0.4) is 0 Å². The Morgan fingerprint density at radius 1 is 1.47 bits per heavy atom. The molecule has 1 unspecified atom stereocenters. The van der Waals surface area contributed by atoms with E-state index in [0.29, 0.717) is 11.3 Å². The van der Waals surface area contributed by atoms with Gasteiger partial charge in [0.2, 0.25) is 0 Å². The number of rotatable bonds is 8. The van der Waals surface area contributed by atoms with Crippen molar-refractivity contribution in [3.05, 3.63) is 46.4 Å². The Balaban J connectivity index is 1.60. The molecular formula is C16H15ClF2N6O4S. The third kappa shape index (κ3) is 5.10. The van der Waals surface area contributed by atoms with Crippen molar-refractivity contribution in [2.45, 2.75) is 25.0 Å². The molecule has 0 spiro atoms. The fraction of sp³-hybridized carbons (Fsp3) is 0.312. The lowest BCUT2D eigenvalue weighted by Gasteiger charge is -2.23. The summed E-state index contributed by atoms with van der Waals surface area (Å²) >= 11 is 6.22. The standard InChI is InChI=1S/C16H15ClF2N6O4S/c1-9-20-8-12(25(27)28)24(9)6-7-29-15(26)23-13(16(17,18)19)22-14-21-10-4-2-3-5-11(10)30-14/h2-5,8,13H,6-7H2,1H3,(H,21,22)(H,23,26). The first-order valence-electron chi connectivity index (χ1n) is 8.44. The highest BCUT2D eigenvalue weighted by molar-refractivity contribution is 7.22. The van der Waals surface area contributed by atoms with Crippen molar-refractivity contribution >= 4 is 50.2 Å². The van der Waals surface area contributed by atoms with Crippen LogP contribution >= 0.6 is 22.9 Å². The van der Waals surface area contributed by atoms with Crippen molar-refractivity contribution in [3.8, 4) is 0 Å². The molecule has 0 aliphatic heterocycles. The largest absolute Gasteiger partial charge is 0.445 e. The fourth-order valence-electron chi connectivity index (χ4n) is 2.52. The number of ether oxygens (including phenoxy) is 1. The van der Waals surface area contributed by atoms with Crippen molar-refractivity contribution in [2.24, 2.45) is 0 Å². The zero-order valence-electron chi connectivity index (χ0n) is 15.3. The molecule has 0 bridgehead atoms. The lowest BCUT2D eigenvalue weighted by molar-refractivity contribution is -0.392. The van der Waals surface area contributed by atoms with Crippen LogP contribution < -0.4 is 10.6 Å². The van der Waals surface area contributed by atoms with Crippen LogP contribution in [0.2, 0.25) is 0 Å². The van der Waals surface area contributed by atoms with E-state index in [-0.39, 0.29) is 24.1 Å². The minimum Gasteiger partial charge on any atom is -0.445 e. The monoisotopic (exact) mass is 460 g/mol. The smallest absolute Gasteiger partial charge is 0.409 e.